The van der Waals surface area contributed by atoms with Gasteiger partial charge in [0.05, 0.1) is 5.69 Å². The number of aromatic carboxylic acids is 1. The third-order valence-electron chi connectivity index (χ3n) is 3.40. The van der Waals surface area contributed by atoms with Crippen molar-refractivity contribution in [2.75, 3.05) is 5.32 Å². The molecule has 0 spiro atoms. The van der Waals surface area contributed by atoms with Gasteiger partial charge in [0.25, 0.3) is 5.91 Å². The van der Waals surface area contributed by atoms with Crippen LogP contribution in [-0.2, 0) is 0 Å². The molecule has 2 heterocycles. The second-order valence-corrected chi connectivity index (χ2v) is 6.10. The molecule has 0 aromatic carbocycles. The monoisotopic (exact) mass is 351 g/mol. The van der Waals surface area contributed by atoms with Gasteiger partial charge >= 0.3 is 5.97 Å². The van der Waals surface area contributed by atoms with Crippen molar-refractivity contribution in [1.82, 2.24) is 9.55 Å². The summed E-state index contributed by atoms with van der Waals surface area (Å²) in [6, 6.07) is 3.72. The summed E-state index contributed by atoms with van der Waals surface area (Å²) in [5.41, 5.74) is 1.48. The van der Waals surface area contributed by atoms with Crippen LogP contribution in [0.5, 0.6) is 0 Å². The average molecular weight is 352 g/mol. The summed E-state index contributed by atoms with van der Waals surface area (Å²) >= 11 is 3.37. The number of carboxylic acids is 1. The number of hydrogen-bond acceptors (Lipinski definition) is 2. The van der Waals surface area contributed by atoms with Crippen LogP contribution in [0.15, 0.2) is 22.8 Å². The number of carbonyl (C=O) groups excluding carboxylic acids is 1. The maximum Gasteiger partial charge on any atom is 0.354 e. The number of nitrogens with one attached hydrogen (secondary N) is 2. The second kappa shape index (κ2) is 5.07. The van der Waals surface area contributed by atoms with E-state index in [0.717, 1.165) is 17.3 Å². The highest BCUT2D eigenvalue weighted by atomic mass is 79.9. The smallest absolute Gasteiger partial charge is 0.354 e. The number of H-pyrrole nitrogens is 1. The Morgan fingerprint density at radius 1 is 1.43 bits per heavy atom. The van der Waals surface area contributed by atoms with Crippen LogP contribution in [0, 0.1) is 6.92 Å². The van der Waals surface area contributed by atoms with Crippen molar-refractivity contribution in [1.29, 1.82) is 0 Å². The number of carbonyl (C=O) groups is 2. The van der Waals surface area contributed by atoms with E-state index in [4.69, 9.17) is 5.11 Å². The Balaban J connectivity index is 1.88. The van der Waals surface area contributed by atoms with E-state index in [1.54, 1.807) is 19.1 Å². The lowest BCUT2D eigenvalue weighted by Gasteiger charge is -2.08. The minimum Gasteiger partial charge on any atom is -0.477 e. The van der Waals surface area contributed by atoms with Crippen LogP contribution in [0.4, 0.5) is 5.69 Å². The molecule has 0 atom stereocenters. The van der Waals surface area contributed by atoms with Crippen LogP contribution in [0.2, 0.25) is 0 Å². The minimum absolute atomic E-state index is 0.00977. The molecule has 1 saturated carbocycles. The zero-order valence-electron chi connectivity index (χ0n) is 11.3. The minimum atomic E-state index is -1.10. The Morgan fingerprint density at radius 3 is 2.76 bits per heavy atom. The molecule has 1 amide bonds. The molecule has 3 N–H and O–H groups in total. The van der Waals surface area contributed by atoms with E-state index < -0.39 is 5.97 Å². The summed E-state index contributed by atoms with van der Waals surface area (Å²) in [6.07, 6.45) is 4.00. The molecule has 2 aromatic rings. The van der Waals surface area contributed by atoms with Gasteiger partial charge in [-0.2, -0.15) is 0 Å². The van der Waals surface area contributed by atoms with E-state index in [-0.39, 0.29) is 17.3 Å². The lowest BCUT2D eigenvalue weighted by Crippen LogP contribution is -2.17. The highest BCUT2D eigenvalue weighted by Crippen LogP contribution is 2.37. The first kappa shape index (κ1) is 13.9. The summed E-state index contributed by atoms with van der Waals surface area (Å²) in [4.78, 5) is 26.3. The molecule has 1 fully saturated rings. The lowest BCUT2D eigenvalue weighted by atomic mass is 10.3. The van der Waals surface area contributed by atoms with E-state index in [1.165, 1.54) is 0 Å². The van der Waals surface area contributed by atoms with Crippen LogP contribution in [0.3, 0.4) is 0 Å². The van der Waals surface area contributed by atoms with Crippen molar-refractivity contribution >= 4 is 33.5 Å². The Morgan fingerprint density at radius 2 is 2.14 bits per heavy atom. The Hall–Kier alpha value is -2.02. The maximum atomic E-state index is 12.4. The number of aryl methyl sites for hydroxylation is 1. The van der Waals surface area contributed by atoms with Gasteiger partial charge in [0.15, 0.2) is 0 Å². The molecule has 0 saturated heterocycles. The van der Waals surface area contributed by atoms with Crippen molar-refractivity contribution in [3.05, 3.63) is 39.9 Å². The van der Waals surface area contributed by atoms with Gasteiger partial charge < -0.3 is 20.0 Å². The Labute approximate surface area is 129 Å². The summed E-state index contributed by atoms with van der Waals surface area (Å²) in [6.45, 7) is 1.74. The number of nitrogens with zero attached hydrogens (tertiary/aromatic N) is 1. The number of aromatic amines is 1. The van der Waals surface area contributed by atoms with E-state index in [0.29, 0.717) is 17.4 Å². The molecule has 110 valence electrons. The largest absolute Gasteiger partial charge is 0.477 e. The van der Waals surface area contributed by atoms with Gasteiger partial charge in [0.1, 0.15) is 11.4 Å². The summed E-state index contributed by atoms with van der Waals surface area (Å²) in [7, 11) is 0. The molecule has 0 radical (unpaired) electrons. The summed E-state index contributed by atoms with van der Waals surface area (Å²) < 4.78 is 2.77. The number of carboxylic acid groups (broad SMARTS) is 1. The van der Waals surface area contributed by atoms with Crippen molar-refractivity contribution in [2.45, 2.75) is 25.8 Å². The standard InChI is InChI=1S/C14H14BrN3O3/c1-7-4-10(12(16-7)14(20)21)17-13(19)11-5-8(15)6-18(11)9-2-3-9/h4-6,9,16H,2-3H2,1H3,(H,17,19)(H,20,21). The van der Waals surface area contributed by atoms with Crippen LogP contribution < -0.4 is 5.32 Å². The van der Waals surface area contributed by atoms with Gasteiger partial charge in [0, 0.05) is 22.4 Å². The number of anilines is 1. The zero-order valence-corrected chi connectivity index (χ0v) is 12.9. The quantitative estimate of drug-likeness (QED) is 0.790. The van der Waals surface area contributed by atoms with Gasteiger partial charge in [-0.25, -0.2) is 4.79 Å². The first-order valence-electron chi connectivity index (χ1n) is 6.57. The first-order valence-corrected chi connectivity index (χ1v) is 7.36. The number of halogens is 1. The number of rotatable bonds is 4. The van der Waals surface area contributed by atoms with E-state index in [2.05, 4.69) is 26.2 Å². The topological polar surface area (TPSA) is 87.1 Å². The highest BCUT2D eigenvalue weighted by Gasteiger charge is 2.28. The van der Waals surface area contributed by atoms with Gasteiger partial charge in [-0.3, -0.25) is 4.79 Å². The van der Waals surface area contributed by atoms with Crippen LogP contribution >= 0.6 is 15.9 Å². The fraction of sp³-hybridized carbons (Fsp3) is 0.286. The molecule has 21 heavy (non-hydrogen) atoms. The third kappa shape index (κ3) is 2.73. The van der Waals surface area contributed by atoms with Gasteiger partial charge in [-0.05, 0) is 47.8 Å². The molecule has 3 rings (SSSR count). The SMILES string of the molecule is Cc1cc(NC(=O)c2cc(Br)cn2C2CC2)c(C(=O)O)[nH]1. The molecule has 0 aliphatic heterocycles. The normalized spacial score (nSPS) is 14.2. The lowest BCUT2D eigenvalue weighted by molar-refractivity contribution is 0.0692. The predicted octanol–water partition coefficient (Wildman–Crippen LogP) is 3.17. The summed E-state index contributed by atoms with van der Waals surface area (Å²) in [5, 5.41) is 11.8. The molecule has 2 aromatic heterocycles. The molecule has 0 bridgehead atoms. The molecule has 1 aliphatic rings. The van der Waals surface area contributed by atoms with Gasteiger partial charge in [-0.1, -0.05) is 0 Å². The van der Waals surface area contributed by atoms with Gasteiger partial charge in [0.2, 0.25) is 0 Å². The van der Waals surface area contributed by atoms with Crippen LogP contribution in [-0.4, -0.2) is 26.5 Å². The zero-order chi connectivity index (χ0) is 15.1. The van der Waals surface area contributed by atoms with Crippen molar-refractivity contribution < 1.29 is 14.7 Å². The number of hydrogen-bond donors (Lipinski definition) is 3. The van der Waals surface area contributed by atoms with Crippen LogP contribution in [0.1, 0.15) is 45.6 Å². The highest BCUT2D eigenvalue weighted by molar-refractivity contribution is 9.10. The maximum absolute atomic E-state index is 12.4. The van der Waals surface area contributed by atoms with E-state index in [9.17, 15) is 9.59 Å². The van der Waals surface area contributed by atoms with Crippen molar-refractivity contribution in [2.24, 2.45) is 0 Å². The fourth-order valence-corrected chi connectivity index (χ4v) is 2.76. The summed E-state index contributed by atoms with van der Waals surface area (Å²) in [5.74, 6) is -1.41. The second-order valence-electron chi connectivity index (χ2n) is 5.18. The molecular weight excluding hydrogens is 338 g/mol. The van der Waals surface area contributed by atoms with E-state index >= 15 is 0 Å². The van der Waals surface area contributed by atoms with Crippen molar-refractivity contribution in [3.63, 3.8) is 0 Å². The molecule has 6 nitrogen and oxygen atoms in total. The fourth-order valence-electron chi connectivity index (χ4n) is 2.33. The number of amides is 1. The van der Waals surface area contributed by atoms with Crippen LogP contribution in [0.25, 0.3) is 0 Å². The Kier molecular flexibility index (Phi) is 3.36. The van der Waals surface area contributed by atoms with Crippen molar-refractivity contribution in [3.8, 4) is 0 Å². The third-order valence-corrected chi connectivity index (χ3v) is 3.84. The Bertz CT molecular complexity index is 728. The predicted molar refractivity (Wildman–Crippen MR) is 80.8 cm³/mol. The first-order chi connectivity index (χ1) is 9.95. The van der Waals surface area contributed by atoms with Gasteiger partial charge in [-0.15, -0.1) is 0 Å². The molecule has 0 unspecified atom stereocenters. The molecule has 7 heteroatoms. The van der Waals surface area contributed by atoms with E-state index in [1.807, 2.05) is 10.8 Å². The molecular formula is C14H14BrN3O3. The number of aromatic nitrogens is 2. The average Bonchev–Trinajstić information content (AvgIpc) is 3.08. The molecule has 1 aliphatic carbocycles.